The first-order valence-corrected chi connectivity index (χ1v) is 23.9. The topological polar surface area (TPSA) is 9.86 Å². The Morgan fingerprint density at radius 1 is 0.328 bits per heavy atom. The standard InChI is InChI=1S/C54H66Cl2N2/c1-3-5-7-9-11-13-15-17-19-21-23-41-25-31-45(32-26-41)57-51-37-43(55)29-35-47(51)49-40-54-50(39-53(49)57)48-36-30-44(56)38-52(48)58(54)46-33-27-42(28-34-46)24-22-20-18-16-14-12-10-8-6-4-2/h25-40H,3-24H2,1-2H3. The molecular weight excluding hydrogens is 748 g/mol. The van der Waals surface area contributed by atoms with Gasteiger partial charge in [0.05, 0.1) is 22.1 Å². The minimum atomic E-state index is 0.751. The Balaban J connectivity index is 1.10. The van der Waals surface area contributed by atoms with Crippen molar-refractivity contribution in [1.82, 2.24) is 9.13 Å². The molecule has 306 valence electrons. The average Bonchev–Trinajstić information content (AvgIpc) is 3.72. The van der Waals surface area contributed by atoms with Gasteiger partial charge in [-0.3, -0.25) is 0 Å². The highest BCUT2D eigenvalue weighted by molar-refractivity contribution is 6.32. The Morgan fingerprint density at radius 3 is 0.983 bits per heavy atom. The van der Waals surface area contributed by atoms with Crippen LogP contribution in [0.3, 0.4) is 0 Å². The van der Waals surface area contributed by atoms with Crippen molar-refractivity contribution in [2.75, 3.05) is 0 Å². The lowest BCUT2D eigenvalue weighted by Crippen LogP contribution is -1.96. The van der Waals surface area contributed by atoms with E-state index in [4.69, 9.17) is 23.2 Å². The number of hydrogen-bond acceptors (Lipinski definition) is 0. The van der Waals surface area contributed by atoms with E-state index in [2.05, 4.69) is 108 Å². The highest BCUT2D eigenvalue weighted by atomic mass is 35.5. The highest BCUT2D eigenvalue weighted by Gasteiger charge is 2.19. The fraction of sp³-hybridized carbons (Fsp3) is 0.444. The van der Waals surface area contributed by atoms with Crippen molar-refractivity contribution in [2.24, 2.45) is 0 Å². The van der Waals surface area contributed by atoms with Crippen LogP contribution in [0.5, 0.6) is 0 Å². The maximum absolute atomic E-state index is 6.71. The third kappa shape index (κ3) is 10.5. The zero-order chi connectivity index (χ0) is 40.1. The van der Waals surface area contributed by atoms with E-state index >= 15 is 0 Å². The van der Waals surface area contributed by atoms with Gasteiger partial charge in [-0.05, 0) is 97.5 Å². The van der Waals surface area contributed by atoms with Crippen LogP contribution >= 0.6 is 23.2 Å². The second kappa shape index (κ2) is 21.5. The lowest BCUT2D eigenvalue weighted by atomic mass is 10.0. The van der Waals surface area contributed by atoms with Crippen LogP contribution < -0.4 is 0 Å². The van der Waals surface area contributed by atoms with Gasteiger partial charge in [0.15, 0.2) is 0 Å². The van der Waals surface area contributed by atoms with Crippen molar-refractivity contribution in [3.8, 4) is 11.4 Å². The van der Waals surface area contributed by atoms with Gasteiger partial charge in [-0.15, -0.1) is 0 Å². The summed E-state index contributed by atoms with van der Waals surface area (Å²) in [7, 11) is 0. The molecule has 4 heteroatoms. The van der Waals surface area contributed by atoms with Crippen LogP contribution in [0.15, 0.2) is 97.1 Å². The molecule has 0 radical (unpaired) electrons. The van der Waals surface area contributed by atoms with Crippen LogP contribution in [0.2, 0.25) is 10.0 Å². The maximum atomic E-state index is 6.71. The van der Waals surface area contributed by atoms with Crippen LogP contribution in [0.4, 0.5) is 0 Å². The predicted octanol–water partition coefficient (Wildman–Crippen LogP) is 18.1. The first-order chi connectivity index (χ1) is 28.6. The number of aryl methyl sites for hydroxylation is 2. The van der Waals surface area contributed by atoms with Crippen LogP contribution in [-0.2, 0) is 12.8 Å². The van der Waals surface area contributed by atoms with Gasteiger partial charge < -0.3 is 9.13 Å². The number of hydrogen-bond donors (Lipinski definition) is 0. The number of nitrogens with zero attached hydrogens (tertiary/aromatic N) is 2. The molecule has 58 heavy (non-hydrogen) atoms. The first-order valence-electron chi connectivity index (χ1n) is 23.1. The molecule has 2 heterocycles. The molecule has 0 spiro atoms. The number of aromatic nitrogens is 2. The summed E-state index contributed by atoms with van der Waals surface area (Å²) in [5.41, 5.74) is 9.80. The first kappa shape index (κ1) is 42.4. The van der Waals surface area contributed by atoms with Crippen molar-refractivity contribution in [3.05, 3.63) is 118 Å². The van der Waals surface area contributed by atoms with Crippen molar-refractivity contribution in [3.63, 3.8) is 0 Å². The summed E-state index contributed by atoms with van der Waals surface area (Å²) in [4.78, 5) is 0. The molecule has 7 rings (SSSR count). The Bertz CT molecular complexity index is 2180. The molecule has 2 aromatic heterocycles. The van der Waals surface area contributed by atoms with Crippen molar-refractivity contribution in [1.29, 1.82) is 0 Å². The van der Waals surface area contributed by atoms with Crippen molar-refractivity contribution >= 4 is 66.8 Å². The molecule has 0 aliphatic rings. The largest absolute Gasteiger partial charge is 0.309 e. The zero-order valence-corrected chi connectivity index (χ0v) is 37.0. The summed E-state index contributed by atoms with van der Waals surface area (Å²) in [6.07, 6.45) is 29.6. The molecule has 0 aliphatic heterocycles. The van der Waals surface area contributed by atoms with Crippen molar-refractivity contribution < 1.29 is 0 Å². The normalized spacial score (nSPS) is 11.9. The Morgan fingerprint density at radius 2 is 0.638 bits per heavy atom. The number of fused-ring (bicyclic) bond motifs is 6. The van der Waals surface area contributed by atoms with E-state index in [0.717, 1.165) is 33.9 Å². The molecule has 0 saturated heterocycles. The van der Waals surface area contributed by atoms with Crippen LogP contribution in [0.25, 0.3) is 55.0 Å². The summed E-state index contributed by atoms with van der Waals surface area (Å²) in [6, 6.07) is 36.0. The molecule has 0 fully saturated rings. The Kier molecular flexibility index (Phi) is 15.7. The lowest BCUT2D eigenvalue weighted by Gasteiger charge is -2.11. The maximum Gasteiger partial charge on any atom is 0.0555 e. The summed E-state index contributed by atoms with van der Waals surface area (Å²) < 4.78 is 4.81. The minimum absolute atomic E-state index is 0.751. The van der Waals surface area contributed by atoms with Gasteiger partial charge in [-0.25, -0.2) is 0 Å². The van der Waals surface area contributed by atoms with Gasteiger partial charge in [-0.2, -0.15) is 0 Å². The summed E-state index contributed by atoms with van der Waals surface area (Å²) in [5, 5.41) is 6.36. The van der Waals surface area contributed by atoms with Gasteiger partial charge in [0.25, 0.3) is 0 Å². The fourth-order valence-corrected chi connectivity index (χ4v) is 9.62. The summed E-state index contributed by atoms with van der Waals surface area (Å²) in [5.74, 6) is 0. The molecule has 0 aliphatic carbocycles. The summed E-state index contributed by atoms with van der Waals surface area (Å²) in [6.45, 7) is 4.59. The molecule has 2 nitrogen and oxygen atoms in total. The third-order valence-corrected chi connectivity index (χ3v) is 13.1. The van der Waals surface area contributed by atoms with E-state index in [1.165, 1.54) is 183 Å². The van der Waals surface area contributed by atoms with E-state index in [1.807, 2.05) is 12.1 Å². The Hall–Kier alpha value is -3.72. The Labute approximate surface area is 358 Å². The summed E-state index contributed by atoms with van der Waals surface area (Å²) >= 11 is 13.4. The molecule has 5 aromatic carbocycles. The fourth-order valence-electron chi connectivity index (χ4n) is 9.29. The molecular formula is C54H66Cl2N2. The quantitative estimate of drug-likeness (QED) is 0.0538. The van der Waals surface area contributed by atoms with Gasteiger partial charge in [0.2, 0.25) is 0 Å². The van der Waals surface area contributed by atoms with E-state index in [0.29, 0.717) is 0 Å². The minimum Gasteiger partial charge on any atom is -0.309 e. The van der Waals surface area contributed by atoms with E-state index in [9.17, 15) is 0 Å². The molecule has 0 unspecified atom stereocenters. The zero-order valence-electron chi connectivity index (χ0n) is 35.4. The number of unbranched alkanes of at least 4 members (excludes halogenated alkanes) is 18. The molecule has 0 N–H and O–H groups in total. The van der Waals surface area contributed by atoms with Gasteiger partial charge in [-0.1, -0.05) is 189 Å². The molecule has 0 bridgehead atoms. The van der Waals surface area contributed by atoms with Gasteiger partial charge in [0.1, 0.15) is 0 Å². The van der Waals surface area contributed by atoms with E-state index in [1.54, 1.807) is 0 Å². The average molecular weight is 814 g/mol. The third-order valence-electron chi connectivity index (χ3n) is 12.6. The second-order valence-corrected chi connectivity index (χ2v) is 17.9. The van der Waals surface area contributed by atoms with Gasteiger partial charge >= 0.3 is 0 Å². The highest BCUT2D eigenvalue weighted by Crippen LogP contribution is 2.41. The second-order valence-electron chi connectivity index (χ2n) is 17.1. The monoisotopic (exact) mass is 812 g/mol. The van der Waals surface area contributed by atoms with E-state index in [-0.39, 0.29) is 0 Å². The van der Waals surface area contributed by atoms with Gasteiger partial charge in [0, 0.05) is 43.0 Å². The van der Waals surface area contributed by atoms with Crippen LogP contribution in [0.1, 0.15) is 153 Å². The number of benzene rings is 5. The molecule has 0 atom stereocenters. The van der Waals surface area contributed by atoms with Crippen LogP contribution in [-0.4, -0.2) is 9.13 Å². The number of halogens is 2. The molecule has 0 saturated carbocycles. The van der Waals surface area contributed by atoms with Crippen molar-refractivity contribution in [2.45, 2.75) is 155 Å². The predicted molar refractivity (Wildman–Crippen MR) is 256 cm³/mol. The smallest absolute Gasteiger partial charge is 0.0555 e. The SMILES string of the molecule is CCCCCCCCCCCCc1ccc(-n2c3cc(Cl)ccc3c3cc4c(cc32)c2ccc(Cl)cc2n4-c2ccc(CCCCCCCCCCCC)cc2)cc1. The van der Waals surface area contributed by atoms with E-state index < -0.39 is 0 Å². The van der Waals surface area contributed by atoms with Crippen LogP contribution in [0, 0.1) is 0 Å². The lowest BCUT2D eigenvalue weighted by molar-refractivity contribution is 0.556. The molecule has 7 aromatic rings. The molecule has 0 amide bonds. The number of rotatable bonds is 24.